The monoisotopic (exact) mass is 491 g/mol. The second-order valence-corrected chi connectivity index (χ2v) is 9.38. The number of hydrogen-bond donors (Lipinski definition) is 2. The van der Waals surface area contributed by atoms with Crippen LogP contribution in [0.3, 0.4) is 0 Å². The SMILES string of the molecule is COc1cc(SC)ccc1C(=O)N[C@H]1CCN2C(=O)c3cc(-c4ccco4)ccc3NC(=O)[C@@H]2C1. The number of methoxy groups -OCH3 is 1. The molecule has 0 bridgehead atoms. The van der Waals surface area contributed by atoms with Gasteiger partial charge in [0, 0.05) is 23.0 Å². The molecule has 8 nitrogen and oxygen atoms in total. The van der Waals surface area contributed by atoms with Gasteiger partial charge in [-0.3, -0.25) is 14.4 Å². The molecule has 2 aromatic carbocycles. The Morgan fingerprint density at radius 1 is 1.20 bits per heavy atom. The van der Waals surface area contributed by atoms with Crippen molar-refractivity contribution in [3.05, 3.63) is 65.9 Å². The number of nitrogens with one attached hydrogen (secondary N) is 2. The van der Waals surface area contributed by atoms with Crippen LogP contribution in [0, 0.1) is 0 Å². The highest BCUT2D eigenvalue weighted by molar-refractivity contribution is 7.98. The van der Waals surface area contributed by atoms with E-state index in [4.69, 9.17) is 9.15 Å². The summed E-state index contributed by atoms with van der Waals surface area (Å²) >= 11 is 1.57. The van der Waals surface area contributed by atoms with E-state index in [2.05, 4.69) is 10.6 Å². The standard InChI is InChI=1S/C26H25N3O5S/c1-33-23-14-17(35-2)6-7-18(23)24(30)27-16-9-10-29-21(13-16)25(31)28-20-8-5-15(12-19(20)26(29)32)22-4-3-11-34-22/h3-8,11-12,14,16,21H,9-10,13H2,1-2H3,(H,27,30)(H,28,31)/t16-,21-/m0/s1. The number of amides is 3. The van der Waals surface area contributed by atoms with Crippen molar-refractivity contribution < 1.29 is 23.5 Å². The van der Waals surface area contributed by atoms with Crippen LogP contribution in [0.2, 0.25) is 0 Å². The minimum Gasteiger partial charge on any atom is -0.496 e. The minimum absolute atomic E-state index is 0.212. The minimum atomic E-state index is -0.679. The molecule has 0 saturated carbocycles. The molecule has 5 rings (SSSR count). The maximum Gasteiger partial charge on any atom is 0.256 e. The fourth-order valence-corrected chi connectivity index (χ4v) is 5.06. The molecule has 1 aromatic heterocycles. The van der Waals surface area contributed by atoms with Crippen LogP contribution in [0.25, 0.3) is 11.3 Å². The van der Waals surface area contributed by atoms with Gasteiger partial charge in [-0.1, -0.05) is 0 Å². The molecular formula is C26H25N3O5S. The number of benzene rings is 2. The van der Waals surface area contributed by atoms with Gasteiger partial charge in [-0.05, 0) is 67.6 Å². The summed E-state index contributed by atoms with van der Waals surface area (Å²) in [4.78, 5) is 42.1. The Balaban J connectivity index is 1.34. The molecule has 3 aromatic rings. The molecule has 1 fully saturated rings. The lowest BCUT2D eigenvalue weighted by molar-refractivity contribution is -0.121. The summed E-state index contributed by atoms with van der Waals surface area (Å²) in [6, 6.07) is 13.4. The van der Waals surface area contributed by atoms with E-state index in [-0.39, 0.29) is 23.8 Å². The Hall–Kier alpha value is -3.72. The topological polar surface area (TPSA) is 101 Å². The molecule has 2 aliphatic rings. The number of fused-ring (bicyclic) bond motifs is 2. The van der Waals surface area contributed by atoms with Gasteiger partial charge in [0.2, 0.25) is 5.91 Å². The lowest BCUT2D eigenvalue weighted by Crippen LogP contribution is -2.55. The van der Waals surface area contributed by atoms with E-state index in [1.54, 1.807) is 47.2 Å². The smallest absolute Gasteiger partial charge is 0.256 e. The second-order valence-electron chi connectivity index (χ2n) is 8.50. The first kappa shape index (κ1) is 23.0. The summed E-state index contributed by atoms with van der Waals surface area (Å²) in [5, 5.41) is 5.92. The molecule has 0 spiro atoms. The van der Waals surface area contributed by atoms with Crippen molar-refractivity contribution in [1.82, 2.24) is 10.2 Å². The van der Waals surface area contributed by atoms with Gasteiger partial charge in [0.15, 0.2) is 0 Å². The van der Waals surface area contributed by atoms with Crippen LogP contribution in [-0.4, -0.2) is 54.6 Å². The Kier molecular flexibility index (Phi) is 6.25. The molecule has 3 amide bonds. The number of rotatable bonds is 5. The third-order valence-electron chi connectivity index (χ3n) is 6.47. The maximum atomic E-state index is 13.4. The largest absolute Gasteiger partial charge is 0.496 e. The van der Waals surface area contributed by atoms with E-state index in [9.17, 15) is 14.4 Å². The van der Waals surface area contributed by atoms with Crippen LogP contribution >= 0.6 is 11.8 Å². The zero-order valence-corrected chi connectivity index (χ0v) is 20.2. The number of carbonyl (C=O) groups is 3. The van der Waals surface area contributed by atoms with E-state index >= 15 is 0 Å². The molecule has 0 unspecified atom stereocenters. The van der Waals surface area contributed by atoms with Crippen LogP contribution in [0.1, 0.15) is 33.6 Å². The first-order valence-electron chi connectivity index (χ1n) is 11.3. The molecule has 0 aliphatic carbocycles. The van der Waals surface area contributed by atoms with Gasteiger partial charge in [0.1, 0.15) is 17.6 Å². The van der Waals surface area contributed by atoms with Crippen molar-refractivity contribution in [2.24, 2.45) is 0 Å². The molecule has 2 N–H and O–H groups in total. The van der Waals surface area contributed by atoms with Crippen LogP contribution < -0.4 is 15.4 Å². The average Bonchev–Trinajstić information content (AvgIpc) is 3.40. The molecule has 35 heavy (non-hydrogen) atoms. The first-order chi connectivity index (χ1) is 17.0. The third-order valence-corrected chi connectivity index (χ3v) is 7.19. The van der Waals surface area contributed by atoms with E-state index < -0.39 is 6.04 Å². The number of hydrogen-bond acceptors (Lipinski definition) is 6. The average molecular weight is 492 g/mol. The zero-order chi connectivity index (χ0) is 24.5. The van der Waals surface area contributed by atoms with Gasteiger partial charge in [0.25, 0.3) is 11.8 Å². The lowest BCUT2D eigenvalue weighted by Gasteiger charge is -2.37. The summed E-state index contributed by atoms with van der Waals surface area (Å²) < 4.78 is 10.9. The zero-order valence-electron chi connectivity index (χ0n) is 19.4. The number of carbonyl (C=O) groups excluding carboxylic acids is 3. The predicted molar refractivity (Wildman–Crippen MR) is 133 cm³/mol. The molecule has 2 atom stereocenters. The van der Waals surface area contributed by atoms with Crippen molar-refractivity contribution in [3.63, 3.8) is 0 Å². The lowest BCUT2D eigenvalue weighted by atomic mass is 9.95. The van der Waals surface area contributed by atoms with Gasteiger partial charge in [0.05, 0.1) is 30.2 Å². The number of furan rings is 1. The van der Waals surface area contributed by atoms with E-state index in [1.807, 2.05) is 30.5 Å². The van der Waals surface area contributed by atoms with Crippen molar-refractivity contribution in [1.29, 1.82) is 0 Å². The predicted octanol–water partition coefficient (Wildman–Crippen LogP) is 4.03. The molecule has 2 aliphatic heterocycles. The molecular weight excluding hydrogens is 466 g/mol. The van der Waals surface area contributed by atoms with E-state index in [0.717, 1.165) is 10.5 Å². The Morgan fingerprint density at radius 3 is 2.80 bits per heavy atom. The summed E-state index contributed by atoms with van der Waals surface area (Å²) in [5.41, 5.74) is 2.10. The van der Waals surface area contributed by atoms with E-state index in [0.29, 0.717) is 47.7 Å². The maximum absolute atomic E-state index is 13.4. The van der Waals surface area contributed by atoms with Crippen LogP contribution in [0.15, 0.2) is 64.1 Å². The number of ether oxygens (including phenoxy) is 1. The molecule has 9 heteroatoms. The van der Waals surface area contributed by atoms with Crippen molar-refractivity contribution in [2.45, 2.75) is 29.8 Å². The number of thioether (sulfide) groups is 1. The second kappa shape index (κ2) is 9.50. The van der Waals surface area contributed by atoms with Crippen LogP contribution in [0.5, 0.6) is 5.75 Å². The normalized spacial score (nSPS) is 19.3. The van der Waals surface area contributed by atoms with Gasteiger partial charge in [-0.2, -0.15) is 0 Å². The number of piperidine rings is 1. The summed E-state index contributed by atoms with van der Waals surface area (Å²) in [7, 11) is 1.53. The Labute approximate surface area is 207 Å². The Bertz CT molecular complexity index is 1290. The fraction of sp³-hybridized carbons (Fsp3) is 0.269. The van der Waals surface area contributed by atoms with Crippen LogP contribution in [0.4, 0.5) is 5.69 Å². The van der Waals surface area contributed by atoms with Crippen molar-refractivity contribution in [2.75, 3.05) is 25.2 Å². The Morgan fingerprint density at radius 2 is 2.06 bits per heavy atom. The van der Waals surface area contributed by atoms with Gasteiger partial charge < -0.3 is 24.7 Å². The fourth-order valence-electron chi connectivity index (χ4n) is 4.63. The van der Waals surface area contributed by atoms with Gasteiger partial charge in [-0.25, -0.2) is 0 Å². The molecule has 180 valence electrons. The number of anilines is 1. The molecule has 0 radical (unpaired) electrons. The summed E-state index contributed by atoms with van der Waals surface area (Å²) in [6.45, 7) is 0.356. The number of nitrogens with zero attached hydrogens (tertiary/aromatic N) is 1. The van der Waals surface area contributed by atoms with Gasteiger partial charge >= 0.3 is 0 Å². The van der Waals surface area contributed by atoms with Crippen molar-refractivity contribution in [3.8, 4) is 17.1 Å². The van der Waals surface area contributed by atoms with Crippen molar-refractivity contribution >= 4 is 35.2 Å². The highest BCUT2D eigenvalue weighted by Gasteiger charge is 2.40. The van der Waals surface area contributed by atoms with E-state index in [1.165, 1.54) is 7.11 Å². The molecule has 1 saturated heterocycles. The molecule has 3 heterocycles. The third kappa shape index (κ3) is 4.39. The first-order valence-corrected chi connectivity index (χ1v) is 12.5. The van der Waals surface area contributed by atoms with Crippen LogP contribution in [-0.2, 0) is 4.79 Å². The summed E-state index contributed by atoms with van der Waals surface area (Å²) in [5.74, 6) is 0.409. The quantitative estimate of drug-likeness (QED) is 0.523. The highest BCUT2D eigenvalue weighted by atomic mass is 32.2. The van der Waals surface area contributed by atoms with Gasteiger partial charge in [-0.15, -0.1) is 11.8 Å². The summed E-state index contributed by atoms with van der Waals surface area (Å²) in [6.07, 6.45) is 4.40. The highest BCUT2D eigenvalue weighted by Crippen LogP contribution is 2.32.